The Bertz CT molecular complexity index is 267. The molecule has 0 radical (unpaired) electrons. The largest absolute Gasteiger partial charge is 0.312 e. The molecule has 0 aromatic rings. The molecule has 68 valence electrons. The molecule has 0 aliphatic carbocycles. The highest BCUT2D eigenvalue weighted by Gasteiger charge is 2.35. The van der Waals surface area contributed by atoms with Crippen LogP contribution in [0.1, 0.15) is 12.8 Å². The molecule has 4 heteroatoms. The van der Waals surface area contributed by atoms with Gasteiger partial charge in [-0.15, -0.1) is 18.0 Å². The number of hydrogen-bond acceptors (Lipinski definition) is 2. The number of amides is 1. The van der Waals surface area contributed by atoms with Crippen molar-refractivity contribution in [1.82, 2.24) is 4.90 Å². The Morgan fingerprint density at radius 3 is 2.69 bits per heavy atom. The zero-order valence-corrected chi connectivity index (χ0v) is 7.79. The van der Waals surface area contributed by atoms with Crippen molar-refractivity contribution in [2.75, 3.05) is 5.88 Å². The van der Waals surface area contributed by atoms with Crippen LogP contribution in [0, 0.1) is 23.7 Å². The Hall–Kier alpha value is -1.19. The van der Waals surface area contributed by atoms with Gasteiger partial charge in [-0.05, 0) is 12.8 Å². The number of carbonyl (C=O) groups excluding carboxylic acids is 1. The molecule has 13 heavy (non-hydrogen) atoms. The summed E-state index contributed by atoms with van der Waals surface area (Å²) in [5.41, 5.74) is 0. The average molecular weight is 197 g/mol. The van der Waals surface area contributed by atoms with Gasteiger partial charge in [0.25, 0.3) is 0 Å². The second-order valence-electron chi connectivity index (χ2n) is 2.84. The maximum Gasteiger partial charge on any atom is 0.239 e. The van der Waals surface area contributed by atoms with Gasteiger partial charge in [0.15, 0.2) is 0 Å². The van der Waals surface area contributed by atoms with Gasteiger partial charge in [-0.25, -0.2) is 0 Å². The molecule has 1 aliphatic heterocycles. The van der Waals surface area contributed by atoms with Crippen molar-refractivity contribution in [3.05, 3.63) is 0 Å². The van der Waals surface area contributed by atoms with Gasteiger partial charge in [0.2, 0.25) is 5.91 Å². The second-order valence-corrected chi connectivity index (χ2v) is 3.11. The zero-order valence-electron chi connectivity index (χ0n) is 7.03. The van der Waals surface area contributed by atoms with Crippen LogP contribution in [0.4, 0.5) is 0 Å². The summed E-state index contributed by atoms with van der Waals surface area (Å²) in [7, 11) is 0. The Labute approximate surface area is 82.3 Å². The van der Waals surface area contributed by atoms with Gasteiger partial charge in [-0.2, -0.15) is 5.26 Å². The maximum absolute atomic E-state index is 11.3. The van der Waals surface area contributed by atoms with Gasteiger partial charge < -0.3 is 4.90 Å². The molecule has 0 N–H and O–H groups in total. The number of alkyl halides is 1. The number of likely N-dealkylation sites (tertiary alicyclic amines) is 1. The molecule has 1 aliphatic rings. The summed E-state index contributed by atoms with van der Waals surface area (Å²) in [6.07, 6.45) is 6.58. The molecule has 0 bridgehead atoms. The lowest BCUT2D eigenvalue weighted by Crippen LogP contribution is -2.40. The molecule has 3 nitrogen and oxygen atoms in total. The SMILES string of the molecule is C#C[C@H]1CC[C@H](C#N)N1C(=O)CCl. The van der Waals surface area contributed by atoms with E-state index in [9.17, 15) is 4.79 Å². The molecule has 1 fully saturated rings. The van der Waals surface area contributed by atoms with Crippen molar-refractivity contribution < 1.29 is 4.79 Å². The molecule has 1 amide bonds. The van der Waals surface area contributed by atoms with Crippen LogP contribution in [0.25, 0.3) is 0 Å². The van der Waals surface area contributed by atoms with Crippen molar-refractivity contribution in [2.24, 2.45) is 0 Å². The minimum Gasteiger partial charge on any atom is -0.312 e. The van der Waals surface area contributed by atoms with E-state index in [4.69, 9.17) is 23.3 Å². The van der Waals surface area contributed by atoms with E-state index in [1.165, 1.54) is 4.90 Å². The van der Waals surface area contributed by atoms with Crippen molar-refractivity contribution in [1.29, 1.82) is 5.26 Å². The number of nitrogens with zero attached hydrogens (tertiary/aromatic N) is 2. The third-order valence-electron chi connectivity index (χ3n) is 2.13. The van der Waals surface area contributed by atoms with Gasteiger partial charge in [0.05, 0.1) is 12.1 Å². The Morgan fingerprint density at radius 1 is 1.62 bits per heavy atom. The Morgan fingerprint density at radius 2 is 2.23 bits per heavy atom. The molecule has 0 aromatic carbocycles. The van der Waals surface area contributed by atoms with Crippen molar-refractivity contribution in [3.63, 3.8) is 0 Å². The van der Waals surface area contributed by atoms with Crippen molar-refractivity contribution >= 4 is 17.5 Å². The predicted octanol–water partition coefficient (Wildman–Crippen LogP) is 0.742. The maximum atomic E-state index is 11.3. The smallest absolute Gasteiger partial charge is 0.239 e. The first kappa shape index (κ1) is 9.89. The number of carbonyl (C=O) groups is 1. The standard InChI is InChI=1S/C9H9ClN2O/c1-2-7-3-4-8(6-11)12(7)9(13)5-10/h1,7-8H,3-5H2/t7-,8+/m0/s1. The first-order valence-electron chi connectivity index (χ1n) is 3.97. The lowest BCUT2D eigenvalue weighted by molar-refractivity contribution is -0.129. The van der Waals surface area contributed by atoms with Crippen LogP contribution in [0.5, 0.6) is 0 Å². The van der Waals surface area contributed by atoms with Crippen LogP contribution in [-0.2, 0) is 4.79 Å². The fraction of sp³-hybridized carbons (Fsp3) is 0.556. The van der Waals surface area contributed by atoms with Gasteiger partial charge in [0, 0.05) is 0 Å². The minimum absolute atomic E-state index is 0.115. The number of rotatable bonds is 1. The summed E-state index contributed by atoms with van der Waals surface area (Å²) in [6.45, 7) is 0. The quantitative estimate of drug-likeness (QED) is 0.459. The Balaban J connectivity index is 2.82. The Kier molecular flexibility index (Phi) is 3.17. The first-order chi connectivity index (χ1) is 6.24. The topological polar surface area (TPSA) is 44.1 Å². The second kappa shape index (κ2) is 4.16. The summed E-state index contributed by atoms with van der Waals surface area (Å²) in [5, 5.41) is 8.74. The predicted molar refractivity (Wildman–Crippen MR) is 48.8 cm³/mol. The molecule has 1 saturated heterocycles. The monoisotopic (exact) mass is 196 g/mol. The molecular weight excluding hydrogens is 188 g/mol. The van der Waals surface area contributed by atoms with Gasteiger partial charge in [-0.1, -0.05) is 5.92 Å². The highest BCUT2D eigenvalue weighted by Crippen LogP contribution is 2.23. The fourth-order valence-corrected chi connectivity index (χ4v) is 1.66. The molecule has 0 unspecified atom stereocenters. The molecule has 2 atom stereocenters. The lowest BCUT2D eigenvalue weighted by atomic mass is 10.2. The molecule has 0 spiro atoms. The van der Waals surface area contributed by atoms with Gasteiger partial charge in [-0.3, -0.25) is 4.79 Å². The summed E-state index contributed by atoms with van der Waals surface area (Å²) in [4.78, 5) is 12.7. The van der Waals surface area contributed by atoms with Crippen LogP contribution in [0.2, 0.25) is 0 Å². The molecule has 0 saturated carbocycles. The van der Waals surface area contributed by atoms with Crippen molar-refractivity contribution in [2.45, 2.75) is 24.9 Å². The third kappa shape index (κ3) is 1.76. The van der Waals surface area contributed by atoms with E-state index in [1.807, 2.05) is 6.07 Å². The summed E-state index contributed by atoms with van der Waals surface area (Å²) in [6, 6.07) is 1.39. The van der Waals surface area contributed by atoms with Crippen LogP contribution < -0.4 is 0 Å². The summed E-state index contributed by atoms with van der Waals surface area (Å²) in [5.74, 6) is 2.12. The first-order valence-corrected chi connectivity index (χ1v) is 4.51. The number of halogens is 1. The minimum atomic E-state index is -0.396. The zero-order chi connectivity index (χ0) is 9.84. The van der Waals surface area contributed by atoms with E-state index in [0.717, 1.165) is 0 Å². The van der Waals surface area contributed by atoms with E-state index in [2.05, 4.69) is 5.92 Å². The van der Waals surface area contributed by atoms with Crippen LogP contribution in [-0.4, -0.2) is 28.8 Å². The van der Waals surface area contributed by atoms with Gasteiger partial charge >= 0.3 is 0 Å². The lowest BCUT2D eigenvalue weighted by Gasteiger charge is -2.22. The van der Waals surface area contributed by atoms with Crippen molar-refractivity contribution in [3.8, 4) is 18.4 Å². The van der Waals surface area contributed by atoms with E-state index < -0.39 is 6.04 Å². The van der Waals surface area contributed by atoms with Crippen LogP contribution >= 0.6 is 11.6 Å². The fourth-order valence-electron chi connectivity index (χ4n) is 1.52. The van der Waals surface area contributed by atoms with Gasteiger partial charge in [0.1, 0.15) is 11.9 Å². The number of hydrogen-bond donors (Lipinski definition) is 0. The number of nitriles is 1. The molecule has 1 rings (SSSR count). The number of terminal acetylenes is 1. The summed E-state index contributed by atoms with van der Waals surface area (Å²) < 4.78 is 0. The van der Waals surface area contributed by atoms with E-state index in [-0.39, 0.29) is 17.8 Å². The third-order valence-corrected chi connectivity index (χ3v) is 2.36. The van der Waals surface area contributed by atoms with E-state index >= 15 is 0 Å². The molecule has 1 heterocycles. The summed E-state index contributed by atoms with van der Waals surface area (Å²) >= 11 is 5.41. The average Bonchev–Trinajstić information content (AvgIpc) is 2.59. The van der Waals surface area contributed by atoms with Crippen LogP contribution in [0.15, 0.2) is 0 Å². The van der Waals surface area contributed by atoms with Crippen LogP contribution in [0.3, 0.4) is 0 Å². The van der Waals surface area contributed by atoms with E-state index in [0.29, 0.717) is 12.8 Å². The highest BCUT2D eigenvalue weighted by molar-refractivity contribution is 6.27. The normalized spacial score (nSPS) is 26.5. The molecular formula is C9H9ClN2O. The molecule has 0 aromatic heterocycles. The van der Waals surface area contributed by atoms with E-state index in [1.54, 1.807) is 0 Å². The highest BCUT2D eigenvalue weighted by atomic mass is 35.5.